The van der Waals surface area contributed by atoms with Gasteiger partial charge in [0.25, 0.3) is 10.0 Å². The molecule has 4 aliphatic carbocycles. The van der Waals surface area contributed by atoms with E-state index in [0.717, 1.165) is 23.4 Å². The van der Waals surface area contributed by atoms with Gasteiger partial charge in [0.05, 0.1) is 17.2 Å². The van der Waals surface area contributed by atoms with Gasteiger partial charge in [-0.25, -0.2) is 13.4 Å². The minimum Gasteiger partial charge on any atom is -0.392 e. The Balaban J connectivity index is 1.42. The van der Waals surface area contributed by atoms with Gasteiger partial charge in [0.15, 0.2) is 5.13 Å². The van der Waals surface area contributed by atoms with E-state index in [4.69, 9.17) is 4.98 Å². The van der Waals surface area contributed by atoms with Crippen molar-refractivity contribution in [3.8, 4) is 0 Å². The Morgan fingerprint density at radius 3 is 2.37 bits per heavy atom. The van der Waals surface area contributed by atoms with Crippen LogP contribution in [0.15, 0.2) is 34.5 Å². The van der Waals surface area contributed by atoms with Gasteiger partial charge in [-0.3, -0.25) is 4.72 Å². The van der Waals surface area contributed by atoms with Crippen LogP contribution in [-0.4, -0.2) is 18.5 Å². The summed E-state index contributed by atoms with van der Waals surface area (Å²) in [5.74, 6) is 2.48. The molecular formula is C20H24N2O3S2. The Morgan fingerprint density at radius 1 is 1.11 bits per heavy atom. The predicted octanol–water partition coefficient (Wildman–Crippen LogP) is 3.90. The normalized spacial score (nSPS) is 32.0. The van der Waals surface area contributed by atoms with E-state index in [1.54, 1.807) is 18.2 Å². The smallest absolute Gasteiger partial charge is 0.264 e. The molecule has 4 fully saturated rings. The minimum atomic E-state index is -3.76. The fourth-order valence-corrected chi connectivity index (χ4v) is 8.37. The summed E-state index contributed by atoms with van der Waals surface area (Å²) in [5, 5.41) is 11.9. The zero-order valence-corrected chi connectivity index (χ0v) is 16.7. The third-order valence-electron chi connectivity index (χ3n) is 6.74. The second-order valence-electron chi connectivity index (χ2n) is 8.61. The molecule has 2 N–H and O–H groups in total. The Labute approximate surface area is 163 Å². The molecule has 0 aliphatic heterocycles. The van der Waals surface area contributed by atoms with Crippen molar-refractivity contribution in [2.75, 3.05) is 4.72 Å². The molecule has 0 unspecified atom stereocenters. The van der Waals surface area contributed by atoms with E-state index < -0.39 is 10.0 Å². The lowest BCUT2D eigenvalue weighted by Crippen LogP contribution is -2.48. The first-order valence-electron chi connectivity index (χ1n) is 9.65. The number of thiazole rings is 1. The highest BCUT2D eigenvalue weighted by Gasteiger charge is 2.52. The van der Waals surface area contributed by atoms with Crippen LogP contribution in [0, 0.1) is 17.8 Å². The van der Waals surface area contributed by atoms with Gasteiger partial charge in [-0.2, -0.15) is 0 Å². The molecule has 4 aliphatic rings. The number of aliphatic hydroxyl groups is 1. The molecular weight excluding hydrogens is 380 g/mol. The van der Waals surface area contributed by atoms with E-state index in [1.807, 2.05) is 0 Å². The van der Waals surface area contributed by atoms with Crippen LogP contribution in [-0.2, 0) is 22.0 Å². The minimum absolute atomic E-state index is 0.110. The zero-order chi connectivity index (χ0) is 18.6. The van der Waals surface area contributed by atoms with Crippen LogP contribution in [0.25, 0.3) is 0 Å². The zero-order valence-electron chi connectivity index (χ0n) is 15.1. The lowest BCUT2D eigenvalue weighted by atomic mass is 9.49. The average molecular weight is 405 g/mol. The van der Waals surface area contributed by atoms with Crippen LogP contribution in [0.4, 0.5) is 5.13 Å². The molecule has 144 valence electrons. The first-order chi connectivity index (χ1) is 13.0. The Kier molecular flexibility index (Phi) is 4.11. The number of aromatic nitrogens is 1. The number of nitrogens with zero attached hydrogens (tertiary/aromatic N) is 1. The maximum atomic E-state index is 12.8. The molecule has 0 spiro atoms. The van der Waals surface area contributed by atoms with Crippen LogP contribution in [0.3, 0.4) is 0 Å². The summed E-state index contributed by atoms with van der Waals surface area (Å²) < 4.78 is 28.2. The van der Waals surface area contributed by atoms with Gasteiger partial charge in [-0.05, 0) is 67.9 Å². The number of nitrogens with one attached hydrogen (secondary N) is 1. The van der Waals surface area contributed by atoms with Gasteiger partial charge in [0.2, 0.25) is 0 Å². The van der Waals surface area contributed by atoms with Crippen molar-refractivity contribution < 1.29 is 13.5 Å². The van der Waals surface area contributed by atoms with Crippen LogP contribution >= 0.6 is 11.3 Å². The number of benzene rings is 1. The van der Waals surface area contributed by atoms with E-state index in [0.29, 0.717) is 10.7 Å². The summed E-state index contributed by atoms with van der Waals surface area (Å²) in [7, 11) is -3.76. The summed E-state index contributed by atoms with van der Waals surface area (Å²) in [6.07, 6.45) is 7.76. The van der Waals surface area contributed by atoms with E-state index in [9.17, 15) is 13.5 Å². The molecule has 0 atom stereocenters. The topological polar surface area (TPSA) is 79.3 Å². The molecule has 4 bridgehead atoms. The summed E-state index contributed by atoms with van der Waals surface area (Å²) in [6.45, 7) is -0.312. The third kappa shape index (κ3) is 3.00. The van der Waals surface area contributed by atoms with Gasteiger partial charge in [0.1, 0.15) is 0 Å². The summed E-state index contributed by atoms with van der Waals surface area (Å²) in [6, 6.07) is 6.52. The van der Waals surface area contributed by atoms with Crippen molar-refractivity contribution in [3.63, 3.8) is 0 Å². The van der Waals surface area contributed by atoms with Gasteiger partial charge in [0, 0.05) is 10.8 Å². The second kappa shape index (κ2) is 6.29. The van der Waals surface area contributed by atoms with Crippen molar-refractivity contribution in [1.82, 2.24) is 4.98 Å². The lowest BCUT2D eigenvalue weighted by Gasteiger charge is -2.56. The van der Waals surface area contributed by atoms with E-state index in [2.05, 4.69) is 10.1 Å². The second-order valence-corrected chi connectivity index (χ2v) is 11.1. The van der Waals surface area contributed by atoms with Crippen molar-refractivity contribution in [3.05, 3.63) is 40.9 Å². The Hall–Kier alpha value is -1.44. The maximum Gasteiger partial charge on any atom is 0.264 e. The van der Waals surface area contributed by atoms with Crippen molar-refractivity contribution in [2.45, 2.75) is 55.4 Å². The number of sulfonamides is 1. The number of hydrogen-bond acceptors (Lipinski definition) is 5. The molecule has 1 aromatic heterocycles. The largest absolute Gasteiger partial charge is 0.392 e. The SMILES string of the molecule is O=S(=O)(Nc1nc(C23CC4CC(CC(C4)C2)C3)cs1)c1ccccc1CO. The molecule has 0 radical (unpaired) electrons. The molecule has 0 amide bonds. The lowest BCUT2D eigenvalue weighted by molar-refractivity contribution is -0.00688. The van der Waals surface area contributed by atoms with Gasteiger partial charge >= 0.3 is 0 Å². The number of aliphatic hydroxyl groups excluding tert-OH is 1. The molecule has 7 heteroatoms. The Morgan fingerprint density at radius 2 is 1.74 bits per heavy atom. The molecule has 5 nitrogen and oxygen atoms in total. The van der Waals surface area contributed by atoms with E-state index >= 15 is 0 Å². The van der Waals surface area contributed by atoms with Crippen molar-refractivity contribution >= 4 is 26.5 Å². The quantitative estimate of drug-likeness (QED) is 0.792. The maximum absolute atomic E-state index is 12.8. The molecule has 1 heterocycles. The summed E-state index contributed by atoms with van der Waals surface area (Å²) >= 11 is 1.37. The molecule has 6 rings (SSSR count). The fraction of sp³-hybridized carbons (Fsp3) is 0.550. The molecule has 27 heavy (non-hydrogen) atoms. The highest BCUT2D eigenvalue weighted by atomic mass is 32.2. The summed E-state index contributed by atoms with van der Waals surface area (Å²) in [4.78, 5) is 4.84. The van der Waals surface area contributed by atoms with Crippen molar-refractivity contribution in [1.29, 1.82) is 0 Å². The van der Waals surface area contributed by atoms with E-state index in [-0.39, 0.29) is 16.9 Å². The average Bonchev–Trinajstić information content (AvgIpc) is 3.09. The Bertz CT molecular complexity index is 932. The highest BCUT2D eigenvalue weighted by molar-refractivity contribution is 7.93. The predicted molar refractivity (Wildman–Crippen MR) is 105 cm³/mol. The molecule has 4 saturated carbocycles. The van der Waals surface area contributed by atoms with Gasteiger partial charge in [-0.1, -0.05) is 18.2 Å². The van der Waals surface area contributed by atoms with E-state index in [1.165, 1.54) is 55.9 Å². The monoisotopic (exact) mass is 404 g/mol. The van der Waals surface area contributed by atoms with Gasteiger partial charge < -0.3 is 5.11 Å². The first kappa shape index (κ1) is 17.6. The molecule has 1 aromatic carbocycles. The number of hydrogen-bond donors (Lipinski definition) is 2. The van der Waals surface area contributed by atoms with Crippen LogP contribution in [0.1, 0.15) is 49.8 Å². The molecule has 2 aromatic rings. The standard InChI is InChI=1S/C20H24N2O3S2/c23-11-16-3-1-2-4-17(16)27(24,25)22-19-21-18(12-26-19)20-8-13-5-14(9-20)7-15(6-13)10-20/h1-4,12-15,23H,5-11H2,(H,21,22). The molecule has 0 saturated heterocycles. The van der Waals surface area contributed by atoms with Crippen molar-refractivity contribution in [2.24, 2.45) is 17.8 Å². The fourth-order valence-electron chi connectivity index (χ4n) is 6.06. The highest BCUT2D eigenvalue weighted by Crippen LogP contribution is 2.60. The number of rotatable bonds is 5. The van der Waals surface area contributed by atoms with Crippen LogP contribution in [0.2, 0.25) is 0 Å². The first-order valence-corrected chi connectivity index (χ1v) is 12.0. The van der Waals surface area contributed by atoms with Crippen LogP contribution in [0.5, 0.6) is 0 Å². The summed E-state index contributed by atoms with van der Waals surface area (Å²) in [5.41, 5.74) is 1.64. The van der Waals surface area contributed by atoms with Gasteiger partial charge in [-0.15, -0.1) is 11.3 Å². The third-order valence-corrected chi connectivity index (χ3v) is 9.07. The number of anilines is 1. The van der Waals surface area contributed by atoms with Crippen LogP contribution < -0.4 is 4.72 Å².